The molecular formula is C15H25FNO2+. The van der Waals surface area contributed by atoms with E-state index in [0.717, 1.165) is 25.7 Å². The van der Waals surface area contributed by atoms with E-state index >= 15 is 0 Å². The van der Waals surface area contributed by atoms with Gasteiger partial charge in [0.25, 0.3) is 0 Å². The molecule has 2 N–H and O–H groups in total. The smallest absolute Gasteiger partial charge is 0.315 e. The average molecular weight is 270 g/mol. The molecule has 108 valence electrons. The zero-order valence-corrected chi connectivity index (χ0v) is 11.7. The summed E-state index contributed by atoms with van der Waals surface area (Å²) in [7, 11) is 1.49. The summed E-state index contributed by atoms with van der Waals surface area (Å²) in [5.74, 6) is 0.685. The molecule has 19 heavy (non-hydrogen) atoms. The highest BCUT2D eigenvalue weighted by Gasteiger charge is 2.51. The Balaban J connectivity index is 1.78. The highest BCUT2D eigenvalue weighted by atomic mass is 19.1. The lowest BCUT2D eigenvalue weighted by atomic mass is 9.68. The van der Waals surface area contributed by atoms with Gasteiger partial charge in [-0.2, -0.15) is 0 Å². The van der Waals surface area contributed by atoms with Gasteiger partial charge in [-0.3, -0.25) is 4.79 Å². The lowest BCUT2D eigenvalue weighted by molar-refractivity contribution is -0.718. The van der Waals surface area contributed by atoms with Crippen molar-refractivity contribution in [3.05, 3.63) is 0 Å². The highest BCUT2D eigenvalue weighted by Crippen LogP contribution is 2.42. The predicted octanol–water partition coefficient (Wildman–Crippen LogP) is 1.42. The van der Waals surface area contributed by atoms with E-state index in [9.17, 15) is 9.18 Å². The number of rotatable bonds is 2. The molecule has 2 bridgehead atoms. The number of ether oxygens (including phenoxy) is 1. The van der Waals surface area contributed by atoms with Gasteiger partial charge < -0.3 is 10.1 Å². The van der Waals surface area contributed by atoms with Gasteiger partial charge in [0, 0.05) is 19.3 Å². The first kappa shape index (κ1) is 13.3. The molecule has 3 aliphatic rings. The van der Waals surface area contributed by atoms with Crippen molar-refractivity contribution in [3.8, 4) is 0 Å². The summed E-state index contributed by atoms with van der Waals surface area (Å²) in [4.78, 5) is 12.2. The van der Waals surface area contributed by atoms with Crippen LogP contribution in [0.4, 0.5) is 4.39 Å². The van der Waals surface area contributed by atoms with Gasteiger partial charge in [-0.05, 0) is 31.1 Å². The molecule has 0 aromatic rings. The van der Waals surface area contributed by atoms with Crippen LogP contribution >= 0.6 is 0 Å². The molecule has 0 amide bonds. The predicted molar refractivity (Wildman–Crippen MR) is 69.2 cm³/mol. The molecule has 1 aliphatic carbocycles. The Morgan fingerprint density at radius 3 is 2.79 bits per heavy atom. The van der Waals surface area contributed by atoms with E-state index in [0.29, 0.717) is 36.8 Å². The molecule has 1 saturated carbocycles. The molecule has 2 aliphatic heterocycles. The van der Waals surface area contributed by atoms with Crippen LogP contribution in [0.3, 0.4) is 0 Å². The standard InChI is InChI=1S/C15H24FNO2/c1-19-15(18)14-12(8-11-5-6-13(14)17-11)9-3-2-4-10(16)7-9/h9-14,17H,2-8H2,1H3/p+1/t9?,10?,11-,12-,13?,14?/m1/s1. The second kappa shape index (κ2) is 5.39. The molecule has 0 radical (unpaired) electrons. The van der Waals surface area contributed by atoms with Crippen molar-refractivity contribution < 1.29 is 19.2 Å². The summed E-state index contributed by atoms with van der Waals surface area (Å²) in [5.41, 5.74) is 0. The van der Waals surface area contributed by atoms with Gasteiger partial charge in [-0.25, -0.2) is 4.39 Å². The molecule has 2 saturated heterocycles. The van der Waals surface area contributed by atoms with Crippen LogP contribution in [0.2, 0.25) is 0 Å². The first-order valence-corrected chi connectivity index (χ1v) is 7.76. The zero-order valence-electron chi connectivity index (χ0n) is 11.7. The minimum absolute atomic E-state index is 0.000880. The Morgan fingerprint density at radius 2 is 2.05 bits per heavy atom. The second-order valence-corrected chi connectivity index (χ2v) is 6.67. The Labute approximate surface area is 114 Å². The number of quaternary nitrogens is 1. The van der Waals surface area contributed by atoms with Crippen molar-refractivity contribution in [1.29, 1.82) is 0 Å². The second-order valence-electron chi connectivity index (χ2n) is 6.67. The van der Waals surface area contributed by atoms with Gasteiger partial charge in [-0.1, -0.05) is 6.42 Å². The van der Waals surface area contributed by atoms with Gasteiger partial charge >= 0.3 is 5.97 Å². The molecule has 4 heteroatoms. The Morgan fingerprint density at radius 1 is 1.21 bits per heavy atom. The van der Waals surface area contributed by atoms with Crippen molar-refractivity contribution in [2.75, 3.05) is 7.11 Å². The van der Waals surface area contributed by atoms with Crippen LogP contribution in [-0.2, 0) is 9.53 Å². The molecule has 3 rings (SSSR count). The van der Waals surface area contributed by atoms with Crippen molar-refractivity contribution >= 4 is 5.97 Å². The maximum absolute atomic E-state index is 13.7. The first-order chi connectivity index (χ1) is 9.19. The number of esters is 1. The number of methoxy groups -OCH3 is 1. The number of piperidine rings is 1. The fourth-order valence-electron chi connectivity index (χ4n) is 4.78. The molecule has 0 aromatic carbocycles. The maximum Gasteiger partial charge on any atom is 0.315 e. The van der Waals surface area contributed by atoms with E-state index in [2.05, 4.69) is 5.32 Å². The third kappa shape index (κ3) is 2.51. The SMILES string of the molecule is COC(=O)C1C2CC[C@H](C[C@@H]1C1CCCC(F)C1)[NH2+]2. The van der Waals surface area contributed by atoms with Crippen LogP contribution in [-0.4, -0.2) is 31.3 Å². The highest BCUT2D eigenvalue weighted by molar-refractivity contribution is 5.73. The number of alkyl halides is 1. The number of hydrogen-bond donors (Lipinski definition) is 1. The molecule has 4 unspecified atom stereocenters. The number of fused-ring (bicyclic) bond motifs is 2. The summed E-state index contributed by atoms with van der Waals surface area (Å²) in [6.45, 7) is 0. The zero-order chi connectivity index (χ0) is 13.4. The topological polar surface area (TPSA) is 42.9 Å². The Hall–Kier alpha value is -0.640. The van der Waals surface area contributed by atoms with Gasteiger partial charge in [0.05, 0.1) is 13.2 Å². The van der Waals surface area contributed by atoms with Crippen molar-refractivity contribution in [2.24, 2.45) is 17.8 Å². The monoisotopic (exact) mass is 270 g/mol. The number of carbonyl (C=O) groups excluding carboxylic acids is 1. The third-order valence-corrected chi connectivity index (χ3v) is 5.62. The van der Waals surface area contributed by atoms with Crippen LogP contribution in [0.15, 0.2) is 0 Å². The van der Waals surface area contributed by atoms with Crippen LogP contribution in [0.1, 0.15) is 44.9 Å². The van der Waals surface area contributed by atoms with Gasteiger partial charge in [0.15, 0.2) is 0 Å². The molecule has 3 nitrogen and oxygen atoms in total. The van der Waals surface area contributed by atoms with Crippen molar-refractivity contribution in [1.82, 2.24) is 0 Å². The third-order valence-electron chi connectivity index (χ3n) is 5.62. The molecule has 3 fully saturated rings. The number of nitrogens with two attached hydrogens (primary N) is 1. The molecule has 0 spiro atoms. The minimum atomic E-state index is -0.652. The summed E-state index contributed by atoms with van der Waals surface area (Å²) < 4.78 is 18.7. The lowest BCUT2D eigenvalue weighted by Gasteiger charge is -2.40. The molecule has 2 heterocycles. The summed E-state index contributed by atoms with van der Waals surface area (Å²) in [6.07, 6.45) is 6.21. The van der Waals surface area contributed by atoms with E-state index in [1.54, 1.807) is 0 Å². The molecule has 0 aromatic heterocycles. The van der Waals surface area contributed by atoms with Crippen LogP contribution in [0.5, 0.6) is 0 Å². The van der Waals surface area contributed by atoms with Crippen LogP contribution < -0.4 is 5.32 Å². The fourth-order valence-corrected chi connectivity index (χ4v) is 4.78. The lowest BCUT2D eigenvalue weighted by Crippen LogP contribution is -2.95. The quantitative estimate of drug-likeness (QED) is 0.771. The first-order valence-electron chi connectivity index (χ1n) is 7.76. The molecular weight excluding hydrogens is 245 g/mol. The molecule has 6 atom stereocenters. The van der Waals surface area contributed by atoms with Gasteiger partial charge in [0.1, 0.15) is 18.1 Å². The van der Waals surface area contributed by atoms with Gasteiger partial charge in [0.2, 0.25) is 0 Å². The van der Waals surface area contributed by atoms with E-state index in [1.807, 2.05) is 0 Å². The maximum atomic E-state index is 13.7. The fraction of sp³-hybridized carbons (Fsp3) is 0.933. The average Bonchev–Trinajstić information content (AvgIpc) is 2.79. The Bertz CT molecular complexity index is 349. The number of halogens is 1. The minimum Gasteiger partial charge on any atom is -0.469 e. The summed E-state index contributed by atoms with van der Waals surface area (Å²) in [5, 5.41) is 2.37. The van der Waals surface area contributed by atoms with Crippen LogP contribution in [0, 0.1) is 17.8 Å². The van der Waals surface area contributed by atoms with E-state index in [4.69, 9.17) is 4.74 Å². The number of hydrogen-bond acceptors (Lipinski definition) is 2. The summed E-state index contributed by atoms with van der Waals surface area (Å²) >= 11 is 0. The van der Waals surface area contributed by atoms with E-state index in [-0.39, 0.29) is 11.9 Å². The number of carbonyl (C=O) groups is 1. The Kier molecular flexibility index (Phi) is 3.79. The van der Waals surface area contributed by atoms with E-state index in [1.165, 1.54) is 13.5 Å². The normalized spacial score (nSPS) is 46.0. The van der Waals surface area contributed by atoms with Crippen molar-refractivity contribution in [3.63, 3.8) is 0 Å². The summed E-state index contributed by atoms with van der Waals surface area (Å²) in [6, 6.07) is 1.05. The van der Waals surface area contributed by atoms with Crippen molar-refractivity contribution in [2.45, 2.75) is 63.2 Å². The largest absolute Gasteiger partial charge is 0.469 e. The van der Waals surface area contributed by atoms with E-state index < -0.39 is 6.17 Å². The van der Waals surface area contributed by atoms with Crippen LogP contribution in [0.25, 0.3) is 0 Å². The van der Waals surface area contributed by atoms with Gasteiger partial charge in [-0.15, -0.1) is 0 Å².